The van der Waals surface area contributed by atoms with Crippen LogP contribution in [0.5, 0.6) is 0 Å². The summed E-state index contributed by atoms with van der Waals surface area (Å²) >= 11 is 0. The minimum Gasteiger partial charge on any atom is -0.449 e. The maximum atomic E-state index is 13.2. The Labute approximate surface area is 187 Å². The van der Waals surface area contributed by atoms with E-state index in [4.69, 9.17) is 4.74 Å². The molecule has 0 aliphatic heterocycles. The van der Waals surface area contributed by atoms with Crippen molar-refractivity contribution in [3.8, 4) is 0 Å². The summed E-state index contributed by atoms with van der Waals surface area (Å²) in [6.07, 6.45) is -1.07. The lowest BCUT2D eigenvalue weighted by Gasteiger charge is -2.23. The summed E-state index contributed by atoms with van der Waals surface area (Å²) in [5.41, 5.74) is 1.14. The number of rotatable bonds is 8. The summed E-state index contributed by atoms with van der Waals surface area (Å²) in [5.74, 6) is -1.28. The molecule has 32 heavy (non-hydrogen) atoms. The average molecular weight is 453 g/mol. The van der Waals surface area contributed by atoms with Gasteiger partial charge in [-0.2, -0.15) is 0 Å². The minimum absolute atomic E-state index is 0.0366. The lowest BCUT2D eigenvalue weighted by molar-refractivity contribution is -0.123. The lowest BCUT2D eigenvalue weighted by Crippen LogP contribution is -2.31. The molecule has 0 aromatic heterocycles. The molecule has 3 aromatic rings. The Morgan fingerprint density at radius 2 is 1.56 bits per heavy atom. The summed E-state index contributed by atoms with van der Waals surface area (Å²) in [7, 11) is -3.90. The first kappa shape index (κ1) is 23.0. The summed E-state index contributed by atoms with van der Waals surface area (Å²) < 4.78 is 32.9. The Kier molecular flexibility index (Phi) is 7.27. The molecule has 0 bridgehead atoms. The van der Waals surface area contributed by atoms with Gasteiger partial charge < -0.3 is 10.1 Å². The standard InChI is InChI=1S/C24H24N2O5S/c1-3-26(21-14-8-5-9-15-21)32(29,30)22-16-10-11-19(17-22)24(28)31-18(2)23(27)25-20-12-6-4-7-13-20/h4-18H,3H2,1-2H3,(H,25,27). The first-order valence-electron chi connectivity index (χ1n) is 10.1. The maximum Gasteiger partial charge on any atom is 0.338 e. The van der Waals surface area contributed by atoms with Crippen LogP contribution in [0, 0.1) is 0 Å². The third-order valence-electron chi connectivity index (χ3n) is 4.68. The van der Waals surface area contributed by atoms with Crippen molar-refractivity contribution in [3.63, 3.8) is 0 Å². The van der Waals surface area contributed by atoms with Crippen molar-refractivity contribution in [2.24, 2.45) is 0 Å². The highest BCUT2D eigenvalue weighted by Gasteiger charge is 2.25. The number of sulfonamides is 1. The van der Waals surface area contributed by atoms with Crippen LogP contribution in [-0.4, -0.2) is 32.9 Å². The molecule has 0 fully saturated rings. The van der Waals surface area contributed by atoms with E-state index < -0.39 is 28.0 Å². The topological polar surface area (TPSA) is 92.8 Å². The van der Waals surface area contributed by atoms with Crippen molar-refractivity contribution in [1.82, 2.24) is 0 Å². The number of ether oxygens (including phenoxy) is 1. The fraction of sp³-hybridized carbons (Fsp3) is 0.167. The summed E-state index contributed by atoms with van der Waals surface area (Å²) in [5, 5.41) is 2.66. The Morgan fingerprint density at radius 1 is 0.938 bits per heavy atom. The SMILES string of the molecule is CCN(c1ccccc1)S(=O)(=O)c1cccc(C(=O)OC(C)C(=O)Nc2ccccc2)c1. The van der Waals surface area contributed by atoms with Gasteiger partial charge in [0, 0.05) is 12.2 Å². The predicted molar refractivity (Wildman–Crippen MR) is 123 cm³/mol. The minimum atomic E-state index is -3.90. The van der Waals surface area contributed by atoms with Crippen LogP contribution in [0.25, 0.3) is 0 Å². The second kappa shape index (κ2) is 10.1. The number of anilines is 2. The highest BCUT2D eigenvalue weighted by molar-refractivity contribution is 7.92. The molecule has 0 saturated heterocycles. The number of amides is 1. The fourth-order valence-electron chi connectivity index (χ4n) is 3.04. The zero-order valence-electron chi connectivity index (χ0n) is 17.8. The molecule has 7 nitrogen and oxygen atoms in total. The van der Waals surface area contributed by atoms with Gasteiger partial charge in [-0.3, -0.25) is 9.10 Å². The van der Waals surface area contributed by atoms with E-state index in [1.807, 2.05) is 6.07 Å². The molecule has 1 atom stereocenters. The summed E-state index contributed by atoms with van der Waals surface area (Å²) in [6, 6.07) is 23.1. The van der Waals surface area contributed by atoms with Gasteiger partial charge in [0.25, 0.3) is 15.9 Å². The van der Waals surface area contributed by atoms with Crippen molar-refractivity contribution in [2.75, 3.05) is 16.2 Å². The van der Waals surface area contributed by atoms with Crippen molar-refractivity contribution in [1.29, 1.82) is 0 Å². The highest BCUT2D eigenvalue weighted by Crippen LogP contribution is 2.24. The van der Waals surface area contributed by atoms with E-state index in [0.717, 1.165) is 0 Å². The van der Waals surface area contributed by atoms with Gasteiger partial charge in [0.2, 0.25) is 0 Å². The normalized spacial score (nSPS) is 11.9. The van der Waals surface area contributed by atoms with Crippen molar-refractivity contribution in [3.05, 3.63) is 90.5 Å². The van der Waals surface area contributed by atoms with Crippen molar-refractivity contribution in [2.45, 2.75) is 24.8 Å². The molecule has 166 valence electrons. The van der Waals surface area contributed by atoms with Gasteiger partial charge in [0.05, 0.1) is 16.1 Å². The Bertz CT molecular complexity index is 1180. The Hall–Kier alpha value is -3.65. The predicted octanol–water partition coefficient (Wildman–Crippen LogP) is 4.09. The third-order valence-corrected chi connectivity index (χ3v) is 6.58. The van der Waals surface area contributed by atoms with Gasteiger partial charge >= 0.3 is 5.97 Å². The van der Waals surface area contributed by atoms with E-state index >= 15 is 0 Å². The van der Waals surface area contributed by atoms with Crippen molar-refractivity contribution < 1.29 is 22.7 Å². The summed E-state index contributed by atoms with van der Waals surface area (Å²) in [6.45, 7) is 3.40. The lowest BCUT2D eigenvalue weighted by atomic mass is 10.2. The molecule has 1 amide bonds. The second-order valence-electron chi connectivity index (χ2n) is 6.94. The van der Waals surface area contributed by atoms with Crippen LogP contribution in [0.15, 0.2) is 89.8 Å². The molecule has 1 unspecified atom stereocenters. The molecule has 1 N–H and O–H groups in total. The molecule has 8 heteroatoms. The molecule has 0 aliphatic rings. The van der Waals surface area contributed by atoms with Gasteiger partial charge in [-0.05, 0) is 56.3 Å². The van der Waals surface area contributed by atoms with Gasteiger partial charge in [-0.1, -0.05) is 42.5 Å². The molecule has 0 heterocycles. The Morgan fingerprint density at radius 3 is 2.19 bits per heavy atom. The number of nitrogens with one attached hydrogen (secondary N) is 1. The van der Waals surface area contributed by atoms with Gasteiger partial charge in [-0.25, -0.2) is 13.2 Å². The number of carbonyl (C=O) groups excluding carboxylic acids is 2. The van der Waals surface area contributed by atoms with E-state index in [-0.39, 0.29) is 17.0 Å². The van der Waals surface area contributed by atoms with Crippen LogP contribution >= 0.6 is 0 Å². The Balaban J connectivity index is 1.76. The number of hydrogen-bond donors (Lipinski definition) is 1. The van der Waals surface area contributed by atoms with E-state index in [2.05, 4.69) is 5.32 Å². The number of esters is 1. The van der Waals surface area contributed by atoms with E-state index in [1.165, 1.54) is 35.5 Å². The van der Waals surface area contributed by atoms with E-state index in [0.29, 0.717) is 11.4 Å². The number of nitrogens with zero attached hydrogens (tertiary/aromatic N) is 1. The molecule has 0 radical (unpaired) electrons. The molecular formula is C24H24N2O5S. The van der Waals surface area contributed by atoms with Gasteiger partial charge in [0.15, 0.2) is 6.10 Å². The maximum absolute atomic E-state index is 13.2. The number of carbonyl (C=O) groups is 2. The van der Waals surface area contributed by atoms with Crippen molar-refractivity contribution >= 4 is 33.3 Å². The molecular weight excluding hydrogens is 428 g/mol. The van der Waals surface area contributed by atoms with Crippen LogP contribution < -0.4 is 9.62 Å². The molecule has 0 spiro atoms. The van der Waals surface area contributed by atoms with Gasteiger partial charge in [0.1, 0.15) is 0 Å². The number of hydrogen-bond acceptors (Lipinski definition) is 5. The highest BCUT2D eigenvalue weighted by atomic mass is 32.2. The van der Waals surface area contributed by atoms with Crippen LogP contribution in [0.3, 0.4) is 0 Å². The molecule has 0 aliphatic carbocycles. The van der Waals surface area contributed by atoms with E-state index in [9.17, 15) is 18.0 Å². The zero-order chi connectivity index (χ0) is 23.1. The average Bonchev–Trinajstić information content (AvgIpc) is 2.80. The molecule has 0 saturated carbocycles. The first-order valence-corrected chi connectivity index (χ1v) is 11.5. The summed E-state index contributed by atoms with van der Waals surface area (Å²) in [4.78, 5) is 24.8. The molecule has 3 rings (SSSR count). The quantitative estimate of drug-likeness (QED) is 0.520. The number of benzene rings is 3. The largest absolute Gasteiger partial charge is 0.449 e. The van der Waals surface area contributed by atoms with Crippen LogP contribution in [0.2, 0.25) is 0 Å². The molecule has 3 aromatic carbocycles. The van der Waals surface area contributed by atoms with E-state index in [1.54, 1.807) is 61.5 Å². The third kappa shape index (κ3) is 5.33. The first-order chi connectivity index (χ1) is 15.3. The van der Waals surface area contributed by atoms with Crippen LogP contribution in [-0.2, 0) is 19.6 Å². The zero-order valence-corrected chi connectivity index (χ0v) is 18.6. The van der Waals surface area contributed by atoms with Crippen LogP contribution in [0.1, 0.15) is 24.2 Å². The second-order valence-corrected chi connectivity index (χ2v) is 8.80. The van der Waals surface area contributed by atoms with Crippen LogP contribution in [0.4, 0.5) is 11.4 Å². The smallest absolute Gasteiger partial charge is 0.338 e. The number of para-hydroxylation sites is 2. The monoisotopic (exact) mass is 452 g/mol. The van der Waals surface area contributed by atoms with Gasteiger partial charge in [-0.15, -0.1) is 0 Å². The fourth-order valence-corrected chi connectivity index (χ4v) is 4.56.